The third kappa shape index (κ3) is 3.53. The quantitative estimate of drug-likeness (QED) is 0.685. The molecule has 2 aromatic carbocycles. The second kappa shape index (κ2) is 7.12. The van der Waals surface area contributed by atoms with Crippen LogP contribution in [0.5, 0.6) is 0 Å². The number of aryl methyl sites for hydroxylation is 1. The SMILES string of the molecule is Cn1c(NCCCNC(=O)c2ccc(F)cc2)nc2ccccc21. The summed E-state index contributed by atoms with van der Waals surface area (Å²) in [5, 5.41) is 6.09. The topological polar surface area (TPSA) is 59.0 Å². The molecule has 0 saturated carbocycles. The van der Waals surface area contributed by atoms with Gasteiger partial charge in [-0.05, 0) is 42.8 Å². The zero-order valence-electron chi connectivity index (χ0n) is 13.4. The number of para-hydroxylation sites is 2. The number of anilines is 1. The van der Waals surface area contributed by atoms with Gasteiger partial charge in [0, 0.05) is 25.7 Å². The minimum atomic E-state index is -0.349. The highest BCUT2D eigenvalue weighted by atomic mass is 19.1. The van der Waals surface area contributed by atoms with Crippen LogP contribution in [0.4, 0.5) is 10.3 Å². The molecule has 0 bridgehead atoms. The van der Waals surface area contributed by atoms with Gasteiger partial charge in [0.05, 0.1) is 11.0 Å². The molecule has 0 saturated heterocycles. The number of hydrogen-bond acceptors (Lipinski definition) is 3. The van der Waals surface area contributed by atoms with Gasteiger partial charge in [-0.15, -0.1) is 0 Å². The van der Waals surface area contributed by atoms with E-state index < -0.39 is 0 Å². The molecule has 5 nitrogen and oxygen atoms in total. The molecule has 6 heteroatoms. The average Bonchev–Trinajstić information content (AvgIpc) is 2.91. The number of carbonyl (C=O) groups excluding carboxylic acids is 1. The number of carbonyl (C=O) groups is 1. The Kier molecular flexibility index (Phi) is 4.74. The van der Waals surface area contributed by atoms with Gasteiger partial charge in [0.15, 0.2) is 0 Å². The first kappa shape index (κ1) is 16.0. The molecule has 1 heterocycles. The largest absolute Gasteiger partial charge is 0.356 e. The van der Waals surface area contributed by atoms with Gasteiger partial charge in [-0.2, -0.15) is 0 Å². The molecular weight excluding hydrogens is 307 g/mol. The van der Waals surface area contributed by atoms with E-state index in [1.807, 2.05) is 35.9 Å². The van der Waals surface area contributed by atoms with Gasteiger partial charge in [-0.3, -0.25) is 4.79 Å². The lowest BCUT2D eigenvalue weighted by Gasteiger charge is -2.07. The van der Waals surface area contributed by atoms with Crippen LogP contribution in [0.1, 0.15) is 16.8 Å². The number of aromatic nitrogens is 2. The van der Waals surface area contributed by atoms with Crippen LogP contribution in [-0.4, -0.2) is 28.5 Å². The van der Waals surface area contributed by atoms with Crippen molar-refractivity contribution < 1.29 is 9.18 Å². The van der Waals surface area contributed by atoms with Crippen molar-refractivity contribution in [1.29, 1.82) is 0 Å². The van der Waals surface area contributed by atoms with E-state index in [-0.39, 0.29) is 11.7 Å². The Labute approximate surface area is 139 Å². The number of hydrogen-bond donors (Lipinski definition) is 2. The van der Waals surface area contributed by atoms with Crippen LogP contribution in [0.2, 0.25) is 0 Å². The monoisotopic (exact) mass is 326 g/mol. The average molecular weight is 326 g/mol. The van der Waals surface area contributed by atoms with E-state index in [9.17, 15) is 9.18 Å². The Balaban J connectivity index is 1.46. The summed E-state index contributed by atoms with van der Waals surface area (Å²) >= 11 is 0. The zero-order valence-corrected chi connectivity index (χ0v) is 13.4. The highest BCUT2D eigenvalue weighted by molar-refractivity contribution is 5.94. The molecule has 0 spiro atoms. The standard InChI is InChI=1S/C18H19FN4O/c1-23-16-6-3-2-5-15(16)22-18(23)21-12-4-11-20-17(24)13-7-9-14(19)10-8-13/h2-3,5-10H,4,11-12H2,1H3,(H,20,24)(H,21,22). The summed E-state index contributed by atoms with van der Waals surface area (Å²) in [5.41, 5.74) is 2.48. The second-order valence-electron chi connectivity index (χ2n) is 5.53. The molecule has 0 aliphatic rings. The molecule has 124 valence electrons. The Bertz CT molecular complexity index is 842. The Hall–Kier alpha value is -2.89. The maximum absolute atomic E-state index is 12.8. The van der Waals surface area contributed by atoms with Crippen LogP contribution in [-0.2, 0) is 7.05 Å². The summed E-state index contributed by atoms with van der Waals surface area (Å²) in [6, 6.07) is 13.5. The fraction of sp³-hybridized carbons (Fsp3) is 0.222. The maximum Gasteiger partial charge on any atom is 0.251 e. The lowest BCUT2D eigenvalue weighted by Crippen LogP contribution is -2.26. The van der Waals surface area contributed by atoms with Crippen LogP contribution in [0.25, 0.3) is 11.0 Å². The second-order valence-corrected chi connectivity index (χ2v) is 5.53. The van der Waals surface area contributed by atoms with Crippen LogP contribution in [0, 0.1) is 5.82 Å². The highest BCUT2D eigenvalue weighted by Gasteiger charge is 2.07. The minimum Gasteiger partial charge on any atom is -0.356 e. The molecule has 24 heavy (non-hydrogen) atoms. The fourth-order valence-corrected chi connectivity index (χ4v) is 2.50. The van der Waals surface area contributed by atoms with Crippen molar-refractivity contribution in [2.24, 2.45) is 7.05 Å². The van der Waals surface area contributed by atoms with Crippen molar-refractivity contribution in [3.05, 3.63) is 59.9 Å². The molecule has 0 radical (unpaired) electrons. The van der Waals surface area contributed by atoms with E-state index in [2.05, 4.69) is 15.6 Å². The number of halogens is 1. The van der Waals surface area contributed by atoms with Crippen LogP contribution < -0.4 is 10.6 Å². The predicted octanol–water partition coefficient (Wildman–Crippen LogP) is 2.94. The Morgan fingerprint density at radius 3 is 2.62 bits per heavy atom. The van der Waals surface area contributed by atoms with Crippen LogP contribution in [0.15, 0.2) is 48.5 Å². The highest BCUT2D eigenvalue weighted by Crippen LogP contribution is 2.17. The molecule has 3 aromatic rings. The lowest BCUT2D eigenvalue weighted by molar-refractivity contribution is 0.0953. The smallest absolute Gasteiger partial charge is 0.251 e. The molecule has 0 unspecified atom stereocenters. The van der Waals surface area contributed by atoms with Crippen molar-refractivity contribution in [3.8, 4) is 0 Å². The summed E-state index contributed by atoms with van der Waals surface area (Å²) < 4.78 is 14.8. The van der Waals surface area contributed by atoms with E-state index in [0.717, 1.165) is 23.4 Å². The van der Waals surface area contributed by atoms with Gasteiger partial charge in [0.25, 0.3) is 5.91 Å². The van der Waals surface area contributed by atoms with Gasteiger partial charge in [0.1, 0.15) is 5.82 Å². The van der Waals surface area contributed by atoms with Gasteiger partial charge in [-0.1, -0.05) is 12.1 Å². The van der Waals surface area contributed by atoms with E-state index in [4.69, 9.17) is 0 Å². The number of nitrogens with zero attached hydrogens (tertiary/aromatic N) is 2. The van der Waals surface area contributed by atoms with Crippen molar-refractivity contribution in [2.75, 3.05) is 18.4 Å². The molecule has 1 aromatic heterocycles. The summed E-state index contributed by atoms with van der Waals surface area (Å²) in [6.45, 7) is 1.23. The Morgan fingerprint density at radius 2 is 1.88 bits per heavy atom. The number of fused-ring (bicyclic) bond motifs is 1. The number of imidazole rings is 1. The van der Waals surface area contributed by atoms with E-state index in [1.165, 1.54) is 24.3 Å². The normalized spacial score (nSPS) is 10.8. The first-order valence-electron chi connectivity index (χ1n) is 7.84. The van der Waals surface area contributed by atoms with Gasteiger partial charge in [0.2, 0.25) is 5.95 Å². The predicted molar refractivity (Wildman–Crippen MR) is 92.6 cm³/mol. The third-order valence-electron chi connectivity index (χ3n) is 3.82. The summed E-state index contributed by atoms with van der Waals surface area (Å²) in [6.07, 6.45) is 0.760. The lowest BCUT2D eigenvalue weighted by atomic mass is 10.2. The molecule has 2 N–H and O–H groups in total. The van der Waals surface area contributed by atoms with Crippen molar-refractivity contribution >= 4 is 22.9 Å². The number of benzene rings is 2. The first-order chi connectivity index (χ1) is 11.6. The molecule has 3 rings (SSSR count). The fourth-order valence-electron chi connectivity index (χ4n) is 2.50. The van der Waals surface area contributed by atoms with Crippen LogP contribution >= 0.6 is 0 Å². The van der Waals surface area contributed by atoms with E-state index >= 15 is 0 Å². The number of nitrogens with one attached hydrogen (secondary N) is 2. The molecule has 0 atom stereocenters. The molecule has 0 fully saturated rings. The number of rotatable bonds is 6. The Morgan fingerprint density at radius 1 is 1.12 bits per heavy atom. The van der Waals surface area contributed by atoms with Gasteiger partial charge in [-0.25, -0.2) is 9.37 Å². The van der Waals surface area contributed by atoms with Crippen molar-refractivity contribution in [3.63, 3.8) is 0 Å². The molecule has 1 amide bonds. The first-order valence-corrected chi connectivity index (χ1v) is 7.84. The zero-order chi connectivity index (χ0) is 16.9. The summed E-state index contributed by atoms with van der Waals surface area (Å²) in [5.74, 6) is 0.261. The number of amides is 1. The van der Waals surface area contributed by atoms with Gasteiger partial charge < -0.3 is 15.2 Å². The van der Waals surface area contributed by atoms with Crippen molar-refractivity contribution in [2.45, 2.75) is 6.42 Å². The van der Waals surface area contributed by atoms with Gasteiger partial charge >= 0.3 is 0 Å². The van der Waals surface area contributed by atoms with E-state index in [0.29, 0.717) is 18.7 Å². The minimum absolute atomic E-state index is 0.197. The summed E-state index contributed by atoms with van der Waals surface area (Å²) in [4.78, 5) is 16.4. The van der Waals surface area contributed by atoms with E-state index in [1.54, 1.807) is 0 Å². The molecular formula is C18H19FN4O. The van der Waals surface area contributed by atoms with Crippen molar-refractivity contribution in [1.82, 2.24) is 14.9 Å². The maximum atomic E-state index is 12.8. The molecule has 0 aliphatic carbocycles. The molecule has 0 aliphatic heterocycles. The third-order valence-corrected chi connectivity index (χ3v) is 3.82. The summed E-state index contributed by atoms with van der Waals surface area (Å²) in [7, 11) is 1.97. The van der Waals surface area contributed by atoms with Crippen LogP contribution in [0.3, 0.4) is 0 Å².